The van der Waals surface area contributed by atoms with Crippen LogP contribution in [0.3, 0.4) is 0 Å². The number of hydrogen-bond donors (Lipinski definition) is 1. The third-order valence-corrected chi connectivity index (χ3v) is 4.21. The van der Waals surface area contributed by atoms with Crippen LogP contribution in [-0.2, 0) is 16.0 Å². The van der Waals surface area contributed by atoms with E-state index in [1.807, 2.05) is 36.5 Å². The molecule has 24 heavy (non-hydrogen) atoms. The van der Waals surface area contributed by atoms with E-state index in [2.05, 4.69) is 0 Å². The summed E-state index contributed by atoms with van der Waals surface area (Å²) < 4.78 is 36.4. The summed E-state index contributed by atoms with van der Waals surface area (Å²) in [7, 11) is 0. The summed E-state index contributed by atoms with van der Waals surface area (Å²) in [5.41, 5.74) is 2.05. The molecule has 0 aliphatic carbocycles. The second-order valence-corrected chi connectivity index (χ2v) is 6.20. The molecule has 1 aliphatic rings. The van der Waals surface area contributed by atoms with Crippen LogP contribution in [-0.4, -0.2) is 42.5 Å². The highest BCUT2D eigenvalue weighted by atomic mass is 19.4. The Morgan fingerprint density at radius 2 is 1.92 bits per heavy atom. The minimum atomic E-state index is -4.84. The van der Waals surface area contributed by atoms with Gasteiger partial charge in [0, 0.05) is 19.6 Å². The van der Waals surface area contributed by atoms with Gasteiger partial charge in [-0.3, -0.25) is 9.59 Å². The number of alkyl halides is 3. The SMILES string of the molecule is Cc1cccc(CC(=O)N2CCC(CNC(=O)C(F)(F)F)CC2)c1. The number of carbonyl (C=O) groups is 2. The average molecular weight is 342 g/mol. The molecule has 1 aromatic carbocycles. The van der Waals surface area contributed by atoms with E-state index in [1.165, 1.54) is 0 Å². The molecule has 1 aromatic rings. The van der Waals surface area contributed by atoms with Crippen LogP contribution in [0.25, 0.3) is 0 Å². The molecule has 0 unspecified atom stereocenters. The Hall–Kier alpha value is -2.05. The summed E-state index contributed by atoms with van der Waals surface area (Å²) in [5, 5.41) is 1.92. The molecule has 2 amide bonds. The molecule has 0 radical (unpaired) electrons. The number of halogens is 3. The molecule has 0 atom stereocenters. The molecule has 7 heteroatoms. The van der Waals surface area contributed by atoms with Gasteiger partial charge in [-0.25, -0.2) is 0 Å². The molecule has 2 rings (SSSR count). The molecule has 1 aliphatic heterocycles. The minimum Gasteiger partial charge on any atom is -0.348 e. The van der Waals surface area contributed by atoms with Gasteiger partial charge >= 0.3 is 12.1 Å². The Morgan fingerprint density at radius 1 is 1.25 bits per heavy atom. The maximum atomic E-state index is 12.3. The third-order valence-electron chi connectivity index (χ3n) is 4.21. The lowest BCUT2D eigenvalue weighted by Gasteiger charge is -2.32. The lowest BCUT2D eigenvalue weighted by atomic mass is 9.96. The number of aryl methyl sites for hydroxylation is 1. The minimum absolute atomic E-state index is 0.00173. The van der Waals surface area contributed by atoms with Crippen molar-refractivity contribution in [1.82, 2.24) is 10.2 Å². The van der Waals surface area contributed by atoms with E-state index >= 15 is 0 Å². The molecule has 0 aromatic heterocycles. The number of nitrogens with zero attached hydrogens (tertiary/aromatic N) is 1. The Balaban J connectivity index is 1.76. The standard InChI is InChI=1S/C17H21F3N2O2/c1-12-3-2-4-14(9-12)10-15(23)22-7-5-13(6-8-22)11-21-16(24)17(18,19)20/h2-4,9,13H,5-8,10-11H2,1H3,(H,21,24). The number of nitrogens with one attached hydrogen (secondary N) is 1. The maximum absolute atomic E-state index is 12.3. The molecule has 1 fully saturated rings. The first-order chi connectivity index (χ1) is 11.3. The van der Waals surface area contributed by atoms with E-state index in [-0.39, 0.29) is 18.4 Å². The van der Waals surface area contributed by atoms with Gasteiger partial charge in [-0.05, 0) is 31.2 Å². The summed E-state index contributed by atoms with van der Waals surface area (Å²) >= 11 is 0. The topological polar surface area (TPSA) is 49.4 Å². The average Bonchev–Trinajstić information content (AvgIpc) is 2.52. The monoisotopic (exact) mass is 342 g/mol. The van der Waals surface area contributed by atoms with Gasteiger partial charge in [0.05, 0.1) is 6.42 Å². The largest absolute Gasteiger partial charge is 0.471 e. The predicted octanol–water partition coefficient (Wildman–Crippen LogP) is 2.45. The van der Waals surface area contributed by atoms with Crippen LogP contribution in [0.2, 0.25) is 0 Å². The van der Waals surface area contributed by atoms with Crippen LogP contribution in [0.5, 0.6) is 0 Å². The van der Waals surface area contributed by atoms with E-state index in [4.69, 9.17) is 0 Å². The number of rotatable bonds is 4. The van der Waals surface area contributed by atoms with Gasteiger partial charge in [-0.2, -0.15) is 13.2 Å². The fourth-order valence-corrected chi connectivity index (χ4v) is 2.83. The Morgan fingerprint density at radius 3 is 2.50 bits per heavy atom. The second kappa shape index (κ2) is 7.68. The highest BCUT2D eigenvalue weighted by molar-refractivity contribution is 5.81. The quantitative estimate of drug-likeness (QED) is 0.914. The molecule has 1 N–H and O–H groups in total. The number of benzene rings is 1. The van der Waals surface area contributed by atoms with Crippen molar-refractivity contribution in [3.05, 3.63) is 35.4 Å². The number of piperidine rings is 1. The maximum Gasteiger partial charge on any atom is 0.471 e. The molecule has 132 valence electrons. The zero-order valence-electron chi connectivity index (χ0n) is 13.5. The highest BCUT2D eigenvalue weighted by Crippen LogP contribution is 2.19. The number of amides is 2. The van der Waals surface area contributed by atoms with Crippen molar-refractivity contribution < 1.29 is 22.8 Å². The van der Waals surface area contributed by atoms with Crippen molar-refractivity contribution in [2.75, 3.05) is 19.6 Å². The molecule has 1 saturated heterocycles. The van der Waals surface area contributed by atoms with E-state index in [0.717, 1.165) is 11.1 Å². The fraction of sp³-hybridized carbons (Fsp3) is 0.529. The van der Waals surface area contributed by atoms with E-state index in [1.54, 1.807) is 4.90 Å². The molecular weight excluding hydrogens is 321 g/mol. The van der Waals surface area contributed by atoms with Crippen LogP contribution in [0.4, 0.5) is 13.2 Å². The van der Waals surface area contributed by atoms with Crippen molar-refractivity contribution >= 4 is 11.8 Å². The molecule has 0 spiro atoms. The highest BCUT2D eigenvalue weighted by Gasteiger charge is 2.38. The van der Waals surface area contributed by atoms with Gasteiger partial charge in [0.15, 0.2) is 0 Å². The van der Waals surface area contributed by atoms with Crippen LogP contribution in [0, 0.1) is 12.8 Å². The first-order valence-corrected chi connectivity index (χ1v) is 7.94. The lowest BCUT2D eigenvalue weighted by molar-refractivity contribution is -0.173. The third kappa shape index (κ3) is 5.25. The Kier molecular flexibility index (Phi) is 5.85. The Bertz CT molecular complexity index is 594. The smallest absolute Gasteiger partial charge is 0.348 e. The van der Waals surface area contributed by atoms with Gasteiger partial charge in [0.1, 0.15) is 0 Å². The van der Waals surface area contributed by atoms with Crippen molar-refractivity contribution in [1.29, 1.82) is 0 Å². The van der Waals surface area contributed by atoms with Crippen molar-refractivity contribution in [3.63, 3.8) is 0 Å². The molecule has 4 nitrogen and oxygen atoms in total. The van der Waals surface area contributed by atoms with E-state index in [0.29, 0.717) is 32.4 Å². The van der Waals surface area contributed by atoms with Crippen LogP contribution in [0.1, 0.15) is 24.0 Å². The van der Waals surface area contributed by atoms with Crippen molar-refractivity contribution in [3.8, 4) is 0 Å². The Labute approximate surface area is 139 Å². The number of likely N-dealkylation sites (tertiary alicyclic amines) is 1. The van der Waals surface area contributed by atoms with Gasteiger partial charge in [-0.15, -0.1) is 0 Å². The normalized spacial score (nSPS) is 16.1. The molecule has 0 saturated carbocycles. The van der Waals surface area contributed by atoms with Gasteiger partial charge < -0.3 is 10.2 Å². The number of carbonyl (C=O) groups excluding carboxylic acids is 2. The fourth-order valence-electron chi connectivity index (χ4n) is 2.83. The number of hydrogen-bond acceptors (Lipinski definition) is 2. The lowest BCUT2D eigenvalue weighted by Crippen LogP contribution is -2.44. The van der Waals surface area contributed by atoms with E-state index in [9.17, 15) is 22.8 Å². The summed E-state index contributed by atoms with van der Waals surface area (Å²) in [6.07, 6.45) is -3.32. The van der Waals surface area contributed by atoms with Gasteiger partial charge in [0.2, 0.25) is 5.91 Å². The summed E-state index contributed by atoms with van der Waals surface area (Å²) in [6, 6.07) is 7.75. The zero-order chi connectivity index (χ0) is 17.7. The summed E-state index contributed by atoms with van der Waals surface area (Å²) in [5.74, 6) is -1.90. The molecule has 1 heterocycles. The van der Waals surface area contributed by atoms with Gasteiger partial charge in [-0.1, -0.05) is 29.8 Å². The predicted molar refractivity (Wildman–Crippen MR) is 83.3 cm³/mol. The first-order valence-electron chi connectivity index (χ1n) is 7.94. The van der Waals surface area contributed by atoms with E-state index < -0.39 is 12.1 Å². The van der Waals surface area contributed by atoms with Gasteiger partial charge in [0.25, 0.3) is 0 Å². The summed E-state index contributed by atoms with van der Waals surface area (Å²) in [6.45, 7) is 2.99. The van der Waals surface area contributed by atoms with Crippen LogP contribution in [0.15, 0.2) is 24.3 Å². The van der Waals surface area contributed by atoms with Crippen LogP contribution >= 0.6 is 0 Å². The van der Waals surface area contributed by atoms with Crippen molar-refractivity contribution in [2.24, 2.45) is 5.92 Å². The molecular formula is C17H21F3N2O2. The first kappa shape index (κ1) is 18.3. The summed E-state index contributed by atoms with van der Waals surface area (Å²) in [4.78, 5) is 24.8. The second-order valence-electron chi connectivity index (χ2n) is 6.20. The molecule has 0 bridgehead atoms. The zero-order valence-corrected chi connectivity index (χ0v) is 13.5. The van der Waals surface area contributed by atoms with Crippen molar-refractivity contribution in [2.45, 2.75) is 32.4 Å². The van der Waals surface area contributed by atoms with Crippen LogP contribution < -0.4 is 5.32 Å².